The first-order valence-electron chi connectivity index (χ1n) is 5.80. The summed E-state index contributed by atoms with van der Waals surface area (Å²) in [5.41, 5.74) is -1.01. The van der Waals surface area contributed by atoms with E-state index in [0.29, 0.717) is 0 Å². The Bertz CT molecular complexity index is 218. The monoisotopic (exact) mass is 229 g/mol. The first kappa shape index (κ1) is 17.5. The van der Waals surface area contributed by atoms with Crippen LogP contribution in [0.15, 0.2) is 0 Å². The van der Waals surface area contributed by atoms with Crippen LogP contribution in [0.4, 0.5) is 0 Å². The van der Waals surface area contributed by atoms with Gasteiger partial charge in [-0.2, -0.15) is 0 Å². The SMILES string of the molecule is CC.CN(C(=O)C(C)(C)C)C(=O)C(C)(C)C. The third kappa shape index (κ3) is 5.29. The fraction of sp³-hybridized carbons (Fsp3) is 0.846. The molecule has 0 bridgehead atoms. The molecule has 96 valence electrons. The van der Waals surface area contributed by atoms with Crippen molar-refractivity contribution in [3.05, 3.63) is 0 Å². The molecular formula is C13H27NO2. The van der Waals surface area contributed by atoms with Gasteiger partial charge in [0.25, 0.3) is 0 Å². The summed E-state index contributed by atoms with van der Waals surface area (Å²) >= 11 is 0. The summed E-state index contributed by atoms with van der Waals surface area (Å²) in [6, 6.07) is 0. The zero-order valence-electron chi connectivity index (χ0n) is 12.3. The molecule has 0 rings (SSSR count). The number of hydrogen-bond acceptors (Lipinski definition) is 2. The van der Waals surface area contributed by atoms with Gasteiger partial charge in [0, 0.05) is 17.9 Å². The molecule has 0 aliphatic carbocycles. The van der Waals surface area contributed by atoms with Gasteiger partial charge in [-0.25, -0.2) is 0 Å². The molecule has 16 heavy (non-hydrogen) atoms. The fourth-order valence-corrected chi connectivity index (χ4v) is 1.10. The molecule has 0 spiro atoms. The Morgan fingerprint density at radius 3 is 1.06 bits per heavy atom. The van der Waals surface area contributed by atoms with Crippen LogP contribution in [0.1, 0.15) is 55.4 Å². The van der Waals surface area contributed by atoms with Crippen LogP contribution in [0.2, 0.25) is 0 Å². The van der Waals surface area contributed by atoms with E-state index < -0.39 is 10.8 Å². The van der Waals surface area contributed by atoms with E-state index in [1.807, 2.05) is 55.4 Å². The number of carbonyl (C=O) groups is 2. The standard InChI is InChI=1S/C11H21NO2.C2H6/c1-10(2,3)8(13)12(7)9(14)11(4,5)6;1-2/h1-7H3;1-2H3. The van der Waals surface area contributed by atoms with E-state index in [1.54, 1.807) is 7.05 Å². The number of nitrogens with zero attached hydrogens (tertiary/aromatic N) is 1. The number of imide groups is 1. The lowest BCUT2D eigenvalue weighted by atomic mass is 9.91. The number of hydrogen-bond donors (Lipinski definition) is 0. The minimum absolute atomic E-state index is 0.141. The average molecular weight is 229 g/mol. The van der Waals surface area contributed by atoms with Gasteiger partial charge in [-0.15, -0.1) is 0 Å². The summed E-state index contributed by atoms with van der Waals surface area (Å²) in [5, 5.41) is 0. The first-order valence-corrected chi connectivity index (χ1v) is 5.80. The Morgan fingerprint density at radius 1 is 0.750 bits per heavy atom. The third-order valence-electron chi connectivity index (χ3n) is 1.89. The van der Waals surface area contributed by atoms with Crippen molar-refractivity contribution >= 4 is 11.8 Å². The van der Waals surface area contributed by atoms with E-state index in [-0.39, 0.29) is 11.8 Å². The van der Waals surface area contributed by atoms with Gasteiger partial charge >= 0.3 is 0 Å². The van der Waals surface area contributed by atoms with Gasteiger partial charge in [0.05, 0.1) is 0 Å². The molecule has 0 heterocycles. The molecule has 0 N–H and O–H groups in total. The van der Waals surface area contributed by atoms with Gasteiger partial charge in [-0.05, 0) is 0 Å². The Morgan fingerprint density at radius 2 is 0.938 bits per heavy atom. The highest BCUT2D eigenvalue weighted by molar-refractivity contribution is 5.99. The molecule has 0 radical (unpaired) electrons. The predicted octanol–water partition coefficient (Wildman–Crippen LogP) is 3.09. The van der Waals surface area contributed by atoms with Crippen molar-refractivity contribution in [2.24, 2.45) is 10.8 Å². The summed E-state index contributed by atoms with van der Waals surface area (Å²) in [6.07, 6.45) is 0. The maximum atomic E-state index is 11.8. The van der Waals surface area contributed by atoms with Crippen molar-refractivity contribution in [2.75, 3.05) is 7.05 Å². The maximum Gasteiger partial charge on any atom is 0.234 e. The van der Waals surface area contributed by atoms with E-state index in [4.69, 9.17) is 0 Å². The van der Waals surface area contributed by atoms with Crippen LogP contribution in [0, 0.1) is 10.8 Å². The average Bonchev–Trinajstić information content (AvgIpc) is 2.14. The third-order valence-corrected chi connectivity index (χ3v) is 1.89. The maximum absolute atomic E-state index is 11.8. The van der Waals surface area contributed by atoms with Crippen LogP contribution < -0.4 is 0 Å². The molecular weight excluding hydrogens is 202 g/mol. The first-order chi connectivity index (χ1) is 6.98. The molecule has 2 amide bonds. The van der Waals surface area contributed by atoms with Crippen LogP contribution in [-0.4, -0.2) is 23.8 Å². The summed E-state index contributed by atoms with van der Waals surface area (Å²) in [6.45, 7) is 14.8. The minimum Gasteiger partial charge on any atom is -0.285 e. The second-order valence-electron chi connectivity index (χ2n) is 5.67. The van der Waals surface area contributed by atoms with Crippen LogP contribution >= 0.6 is 0 Å². The smallest absolute Gasteiger partial charge is 0.234 e. The predicted molar refractivity (Wildman–Crippen MR) is 68.0 cm³/mol. The number of amides is 2. The quantitative estimate of drug-likeness (QED) is 0.640. The van der Waals surface area contributed by atoms with Gasteiger partial charge in [0.15, 0.2) is 0 Å². The van der Waals surface area contributed by atoms with E-state index in [1.165, 1.54) is 4.90 Å². The summed E-state index contributed by atoms with van der Waals surface area (Å²) in [5.74, 6) is -0.283. The number of carbonyl (C=O) groups excluding carboxylic acids is 2. The molecule has 3 heteroatoms. The normalized spacial score (nSPS) is 11.3. The van der Waals surface area contributed by atoms with Crippen LogP contribution in [0.5, 0.6) is 0 Å². The Kier molecular flexibility index (Phi) is 6.60. The van der Waals surface area contributed by atoms with Crippen molar-refractivity contribution in [1.82, 2.24) is 4.90 Å². The van der Waals surface area contributed by atoms with Gasteiger partial charge in [0.2, 0.25) is 11.8 Å². The molecule has 0 unspecified atom stereocenters. The molecule has 0 atom stereocenters. The van der Waals surface area contributed by atoms with Crippen molar-refractivity contribution in [3.8, 4) is 0 Å². The van der Waals surface area contributed by atoms with Crippen LogP contribution in [0.3, 0.4) is 0 Å². The molecule has 3 nitrogen and oxygen atoms in total. The van der Waals surface area contributed by atoms with Gasteiger partial charge in [0.1, 0.15) is 0 Å². The Hall–Kier alpha value is -0.860. The lowest BCUT2D eigenvalue weighted by Gasteiger charge is -2.29. The summed E-state index contributed by atoms with van der Waals surface area (Å²) in [7, 11) is 1.54. The molecule has 0 aliphatic rings. The van der Waals surface area contributed by atoms with E-state index in [2.05, 4.69) is 0 Å². The van der Waals surface area contributed by atoms with E-state index >= 15 is 0 Å². The van der Waals surface area contributed by atoms with E-state index in [0.717, 1.165) is 0 Å². The lowest BCUT2D eigenvalue weighted by Crippen LogP contribution is -2.45. The van der Waals surface area contributed by atoms with Crippen molar-refractivity contribution in [3.63, 3.8) is 0 Å². The number of rotatable bonds is 0. The molecule has 0 aromatic rings. The Labute approximate surface area is 100 Å². The van der Waals surface area contributed by atoms with Crippen molar-refractivity contribution < 1.29 is 9.59 Å². The zero-order chi connectivity index (χ0) is 13.7. The minimum atomic E-state index is -0.504. The van der Waals surface area contributed by atoms with Crippen molar-refractivity contribution in [2.45, 2.75) is 55.4 Å². The van der Waals surface area contributed by atoms with E-state index in [9.17, 15) is 9.59 Å². The largest absolute Gasteiger partial charge is 0.285 e. The van der Waals surface area contributed by atoms with Crippen LogP contribution in [-0.2, 0) is 9.59 Å². The summed E-state index contributed by atoms with van der Waals surface area (Å²) < 4.78 is 0. The second-order valence-corrected chi connectivity index (χ2v) is 5.67. The highest BCUT2D eigenvalue weighted by Crippen LogP contribution is 2.22. The molecule has 0 fully saturated rings. The van der Waals surface area contributed by atoms with Gasteiger partial charge < -0.3 is 0 Å². The molecule has 0 saturated heterocycles. The molecule has 0 aromatic carbocycles. The van der Waals surface area contributed by atoms with Gasteiger partial charge in [-0.3, -0.25) is 14.5 Å². The molecule has 0 aromatic heterocycles. The van der Waals surface area contributed by atoms with Gasteiger partial charge in [-0.1, -0.05) is 55.4 Å². The lowest BCUT2D eigenvalue weighted by molar-refractivity contribution is -0.152. The zero-order valence-corrected chi connectivity index (χ0v) is 12.3. The highest BCUT2D eigenvalue weighted by Gasteiger charge is 2.33. The molecule has 0 aliphatic heterocycles. The second kappa shape index (κ2) is 6.02. The Balaban J connectivity index is 0. The topological polar surface area (TPSA) is 37.4 Å². The summed E-state index contributed by atoms with van der Waals surface area (Å²) in [4.78, 5) is 24.7. The molecule has 0 saturated carbocycles. The highest BCUT2D eigenvalue weighted by atomic mass is 16.2. The van der Waals surface area contributed by atoms with Crippen molar-refractivity contribution in [1.29, 1.82) is 0 Å². The van der Waals surface area contributed by atoms with Crippen LogP contribution in [0.25, 0.3) is 0 Å². The fourth-order valence-electron chi connectivity index (χ4n) is 1.10.